The number of hydrogen-bond donors (Lipinski definition) is 0. The lowest BCUT2D eigenvalue weighted by molar-refractivity contribution is 0.214. The summed E-state index contributed by atoms with van der Waals surface area (Å²) in [5, 5.41) is 0. The van der Waals surface area contributed by atoms with Gasteiger partial charge in [0, 0.05) is 24.2 Å². The molecule has 4 heteroatoms. The van der Waals surface area contributed by atoms with Crippen molar-refractivity contribution in [1.82, 2.24) is 4.90 Å². The van der Waals surface area contributed by atoms with Gasteiger partial charge in [-0.05, 0) is 85.4 Å². The fourth-order valence-corrected chi connectivity index (χ4v) is 6.85. The number of benzene rings is 4. The number of hydrogen-bond acceptors (Lipinski definition) is 4. The van der Waals surface area contributed by atoms with Crippen LogP contribution < -0.4 is 14.4 Å². The minimum absolute atomic E-state index is 0.104. The molecular formula is C39H46N2O2. The fraction of sp³-hybridized carbons (Fsp3) is 0.385. The van der Waals surface area contributed by atoms with Gasteiger partial charge in [0.15, 0.2) is 0 Å². The van der Waals surface area contributed by atoms with Crippen LogP contribution in [0.5, 0.6) is 11.5 Å². The van der Waals surface area contributed by atoms with Crippen molar-refractivity contribution < 1.29 is 9.47 Å². The van der Waals surface area contributed by atoms with Gasteiger partial charge in [0.05, 0.1) is 6.04 Å². The summed E-state index contributed by atoms with van der Waals surface area (Å²) in [6, 6.07) is 35.0. The van der Waals surface area contributed by atoms with E-state index < -0.39 is 0 Å². The Balaban J connectivity index is 1.20. The maximum atomic E-state index is 6.28. The van der Waals surface area contributed by atoms with Crippen molar-refractivity contribution in [1.29, 1.82) is 0 Å². The van der Waals surface area contributed by atoms with Gasteiger partial charge in [-0.1, -0.05) is 99.0 Å². The predicted octanol–water partition coefficient (Wildman–Crippen LogP) is 8.87. The molecule has 0 amide bonds. The molecule has 2 aliphatic heterocycles. The van der Waals surface area contributed by atoms with Gasteiger partial charge in [-0.3, -0.25) is 4.90 Å². The Morgan fingerprint density at radius 3 is 2.14 bits per heavy atom. The Morgan fingerprint density at radius 1 is 0.721 bits per heavy atom. The molecule has 1 atom stereocenters. The van der Waals surface area contributed by atoms with Gasteiger partial charge in [-0.2, -0.15) is 0 Å². The van der Waals surface area contributed by atoms with E-state index in [2.05, 4.69) is 122 Å². The van der Waals surface area contributed by atoms with Crippen LogP contribution >= 0.6 is 0 Å². The van der Waals surface area contributed by atoms with Crippen LogP contribution in [0.15, 0.2) is 97.1 Å². The molecule has 1 fully saturated rings. The zero-order valence-electron chi connectivity index (χ0n) is 26.1. The van der Waals surface area contributed by atoms with Crippen LogP contribution in [-0.4, -0.2) is 31.1 Å². The van der Waals surface area contributed by atoms with Gasteiger partial charge in [0.25, 0.3) is 0 Å². The van der Waals surface area contributed by atoms with Crippen LogP contribution in [0, 0.1) is 6.92 Å². The summed E-state index contributed by atoms with van der Waals surface area (Å²) in [4.78, 5) is 5.13. The van der Waals surface area contributed by atoms with E-state index in [0.717, 1.165) is 31.2 Å². The molecule has 4 aromatic carbocycles. The third-order valence-electron chi connectivity index (χ3n) is 9.26. The molecule has 1 saturated heterocycles. The van der Waals surface area contributed by atoms with E-state index in [1.54, 1.807) is 0 Å². The molecule has 4 nitrogen and oxygen atoms in total. The second kappa shape index (κ2) is 13.3. The van der Waals surface area contributed by atoms with E-state index in [-0.39, 0.29) is 11.5 Å². The van der Waals surface area contributed by atoms with E-state index in [1.165, 1.54) is 72.3 Å². The lowest BCUT2D eigenvalue weighted by Crippen LogP contribution is -2.33. The third-order valence-corrected chi connectivity index (χ3v) is 9.26. The number of anilines is 1. The Morgan fingerprint density at radius 2 is 1.42 bits per heavy atom. The minimum atomic E-state index is -0.104. The molecule has 43 heavy (non-hydrogen) atoms. The first kappa shape index (κ1) is 29.3. The van der Waals surface area contributed by atoms with E-state index >= 15 is 0 Å². The van der Waals surface area contributed by atoms with Crippen LogP contribution in [0.25, 0.3) is 0 Å². The molecule has 0 radical (unpaired) electrons. The fourth-order valence-electron chi connectivity index (χ4n) is 6.85. The summed E-state index contributed by atoms with van der Waals surface area (Å²) >= 11 is 0. The van der Waals surface area contributed by atoms with Gasteiger partial charge in [-0.25, -0.2) is 0 Å². The van der Waals surface area contributed by atoms with E-state index in [4.69, 9.17) is 9.47 Å². The number of nitrogens with zero attached hydrogens (tertiary/aromatic N) is 2. The molecular weight excluding hydrogens is 528 g/mol. The van der Waals surface area contributed by atoms with Crippen LogP contribution in [0.3, 0.4) is 0 Å². The van der Waals surface area contributed by atoms with Crippen molar-refractivity contribution in [2.45, 2.75) is 71.1 Å². The Kier molecular flexibility index (Phi) is 9.04. The standard InChI is InChI=1S/C39H46N2O2/c1-30-13-17-33(18-14-30)38-39(2,3)36-27-35(43-29-32-11-7-6-8-12-32)21-22-37(36)41(38)28-31-15-19-34(20-16-31)42-26-25-40-23-9-4-5-10-24-40/h6-8,11-22,27,38H,4-5,9-10,23-26,28-29H2,1-3H3. The monoisotopic (exact) mass is 574 g/mol. The van der Waals surface area contributed by atoms with E-state index in [9.17, 15) is 0 Å². The molecule has 4 aromatic rings. The zero-order valence-corrected chi connectivity index (χ0v) is 26.1. The summed E-state index contributed by atoms with van der Waals surface area (Å²) in [5.74, 6) is 1.87. The first-order valence-electron chi connectivity index (χ1n) is 16.1. The van der Waals surface area contributed by atoms with Crippen molar-refractivity contribution in [3.63, 3.8) is 0 Å². The molecule has 0 aromatic heterocycles. The summed E-state index contributed by atoms with van der Waals surface area (Å²) in [5.41, 5.74) is 7.59. The largest absolute Gasteiger partial charge is 0.492 e. The Hall–Kier alpha value is -3.76. The molecule has 0 spiro atoms. The third kappa shape index (κ3) is 6.91. The van der Waals surface area contributed by atoms with Crippen molar-refractivity contribution in [3.05, 3.63) is 125 Å². The lowest BCUT2D eigenvalue weighted by Gasteiger charge is -2.35. The van der Waals surface area contributed by atoms with Gasteiger partial charge < -0.3 is 14.4 Å². The Labute approximate surface area is 258 Å². The summed E-state index contributed by atoms with van der Waals surface area (Å²) in [6.07, 6.45) is 5.37. The molecule has 6 rings (SSSR count). The molecule has 0 bridgehead atoms. The van der Waals surface area contributed by atoms with E-state index in [1.807, 2.05) is 6.07 Å². The lowest BCUT2D eigenvalue weighted by atomic mass is 9.77. The molecule has 0 saturated carbocycles. The quantitative estimate of drug-likeness (QED) is 0.189. The Bertz CT molecular complexity index is 1460. The summed E-state index contributed by atoms with van der Waals surface area (Å²) in [6.45, 7) is 12.5. The van der Waals surface area contributed by atoms with E-state index in [0.29, 0.717) is 6.61 Å². The summed E-state index contributed by atoms with van der Waals surface area (Å²) < 4.78 is 12.4. The highest BCUT2D eigenvalue weighted by molar-refractivity contribution is 5.67. The van der Waals surface area contributed by atoms with Crippen molar-refractivity contribution >= 4 is 5.69 Å². The highest BCUT2D eigenvalue weighted by Gasteiger charge is 2.45. The first-order chi connectivity index (χ1) is 21.0. The smallest absolute Gasteiger partial charge is 0.120 e. The number of ether oxygens (including phenoxy) is 2. The average Bonchev–Trinajstić information content (AvgIpc) is 3.18. The van der Waals surface area contributed by atoms with Crippen LogP contribution in [-0.2, 0) is 18.6 Å². The second-order valence-corrected chi connectivity index (χ2v) is 12.9. The predicted molar refractivity (Wildman–Crippen MR) is 177 cm³/mol. The molecule has 2 aliphatic rings. The van der Waals surface area contributed by atoms with Crippen LogP contribution in [0.2, 0.25) is 0 Å². The second-order valence-electron chi connectivity index (χ2n) is 12.9. The van der Waals surface area contributed by atoms with Gasteiger partial charge in [0.1, 0.15) is 24.7 Å². The number of likely N-dealkylation sites (tertiary alicyclic amines) is 1. The molecule has 2 heterocycles. The average molecular weight is 575 g/mol. The van der Waals surface area contributed by atoms with Crippen molar-refractivity contribution in [2.24, 2.45) is 0 Å². The number of rotatable bonds is 10. The van der Waals surface area contributed by atoms with Gasteiger partial charge >= 0.3 is 0 Å². The number of aryl methyl sites for hydroxylation is 1. The highest BCUT2D eigenvalue weighted by atomic mass is 16.5. The topological polar surface area (TPSA) is 24.9 Å². The normalized spacial score (nSPS) is 18.2. The van der Waals surface area contributed by atoms with Crippen molar-refractivity contribution in [3.8, 4) is 11.5 Å². The first-order valence-corrected chi connectivity index (χ1v) is 16.1. The summed E-state index contributed by atoms with van der Waals surface area (Å²) in [7, 11) is 0. The molecule has 0 aliphatic carbocycles. The van der Waals surface area contributed by atoms with Gasteiger partial charge in [0.2, 0.25) is 0 Å². The molecule has 0 N–H and O–H groups in total. The SMILES string of the molecule is Cc1ccc(C2N(Cc3ccc(OCCN4CCCCCC4)cc3)c3ccc(OCc4ccccc4)cc3C2(C)C)cc1. The highest BCUT2D eigenvalue weighted by Crippen LogP contribution is 2.54. The minimum Gasteiger partial charge on any atom is -0.492 e. The van der Waals surface area contributed by atoms with Crippen LogP contribution in [0.1, 0.15) is 73.4 Å². The molecule has 1 unspecified atom stereocenters. The number of fused-ring (bicyclic) bond motifs is 1. The van der Waals surface area contributed by atoms with Crippen LogP contribution in [0.4, 0.5) is 5.69 Å². The zero-order chi connectivity index (χ0) is 29.6. The van der Waals surface area contributed by atoms with Crippen molar-refractivity contribution in [2.75, 3.05) is 31.1 Å². The van der Waals surface area contributed by atoms with Gasteiger partial charge in [-0.15, -0.1) is 0 Å². The maximum Gasteiger partial charge on any atom is 0.120 e. The maximum absolute atomic E-state index is 6.28. The molecule has 224 valence electrons.